The Hall–Kier alpha value is -4.01. The van der Waals surface area contributed by atoms with Gasteiger partial charge in [0.15, 0.2) is 0 Å². The Bertz CT molecular complexity index is 1140. The van der Waals surface area contributed by atoms with Crippen LogP contribution in [-0.4, -0.2) is 25.8 Å². The number of anilines is 3. The van der Waals surface area contributed by atoms with Gasteiger partial charge in [0, 0.05) is 24.8 Å². The van der Waals surface area contributed by atoms with E-state index in [9.17, 15) is 9.18 Å². The standard InChI is InChI=1S/C19H16FN7O/c20-12-5-7-22-13-3-4-14(27-19-11(18(21)28)2-1-6-25-19)17(16(12)13)26-10-15-23-8-9-24-15/h1-9,26H,10H2,(H2,21,28)(H,23,24)(H,25,27). The third kappa shape index (κ3) is 3.32. The highest BCUT2D eigenvalue weighted by molar-refractivity contribution is 6.02. The molecule has 0 aliphatic carbocycles. The lowest BCUT2D eigenvalue weighted by Gasteiger charge is -2.17. The Kier molecular flexibility index (Phi) is 4.55. The number of pyridine rings is 2. The van der Waals surface area contributed by atoms with Gasteiger partial charge in [-0.2, -0.15) is 0 Å². The molecule has 8 nitrogen and oxygen atoms in total. The van der Waals surface area contributed by atoms with Gasteiger partial charge in [-0.05, 0) is 30.3 Å². The van der Waals surface area contributed by atoms with Crippen LogP contribution < -0.4 is 16.4 Å². The molecule has 3 aromatic heterocycles. The summed E-state index contributed by atoms with van der Waals surface area (Å²) >= 11 is 0. The lowest BCUT2D eigenvalue weighted by atomic mass is 10.1. The molecular formula is C19H16FN7O. The summed E-state index contributed by atoms with van der Waals surface area (Å²) in [6, 6.07) is 7.90. The van der Waals surface area contributed by atoms with Crippen LogP contribution in [0.5, 0.6) is 0 Å². The number of primary amides is 1. The molecule has 1 amide bonds. The summed E-state index contributed by atoms with van der Waals surface area (Å²) in [7, 11) is 0. The van der Waals surface area contributed by atoms with Gasteiger partial charge >= 0.3 is 0 Å². The zero-order valence-corrected chi connectivity index (χ0v) is 14.6. The molecule has 4 rings (SSSR count). The van der Waals surface area contributed by atoms with E-state index in [1.165, 1.54) is 18.5 Å². The van der Waals surface area contributed by atoms with Gasteiger partial charge in [-0.25, -0.2) is 14.4 Å². The molecule has 0 spiro atoms. The first-order chi connectivity index (χ1) is 13.6. The first-order valence-electron chi connectivity index (χ1n) is 8.44. The SMILES string of the molecule is NC(=O)c1cccnc1Nc1ccc2nccc(F)c2c1NCc1ncc[nH]1. The number of fused-ring (bicyclic) bond motifs is 1. The van der Waals surface area contributed by atoms with Crippen LogP contribution in [0.15, 0.2) is 55.1 Å². The molecule has 0 bridgehead atoms. The molecule has 140 valence electrons. The van der Waals surface area contributed by atoms with E-state index in [2.05, 4.69) is 30.6 Å². The average Bonchev–Trinajstić information content (AvgIpc) is 3.21. The first-order valence-corrected chi connectivity index (χ1v) is 8.44. The van der Waals surface area contributed by atoms with Crippen LogP contribution in [0.3, 0.4) is 0 Å². The number of halogens is 1. The normalized spacial score (nSPS) is 10.8. The number of nitrogens with one attached hydrogen (secondary N) is 3. The van der Waals surface area contributed by atoms with Gasteiger partial charge in [0.2, 0.25) is 0 Å². The summed E-state index contributed by atoms with van der Waals surface area (Å²) < 4.78 is 14.6. The van der Waals surface area contributed by atoms with E-state index in [1.807, 2.05) is 0 Å². The molecule has 0 fully saturated rings. The van der Waals surface area contributed by atoms with Gasteiger partial charge in [0.1, 0.15) is 17.5 Å². The fourth-order valence-corrected chi connectivity index (χ4v) is 2.89. The number of hydrogen-bond acceptors (Lipinski definition) is 6. The number of H-pyrrole nitrogens is 1. The van der Waals surface area contributed by atoms with E-state index < -0.39 is 11.7 Å². The number of carbonyl (C=O) groups excluding carboxylic acids is 1. The minimum absolute atomic E-state index is 0.228. The van der Waals surface area contributed by atoms with Crippen LogP contribution in [-0.2, 0) is 6.54 Å². The van der Waals surface area contributed by atoms with Crippen molar-refractivity contribution in [2.24, 2.45) is 5.73 Å². The van der Waals surface area contributed by atoms with Gasteiger partial charge in [0.05, 0.1) is 34.4 Å². The Labute approximate surface area is 159 Å². The molecule has 5 N–H and O–H groups in total. The molecule has 0 saturated carbocycles. The Morgan fingerprint density at radius 2 is 2.00 bits per heavy atom. The largest absolute Gasteiger partial charge is 0.376 e. The maximum atomic E-state index is 14.6. The zero-order chi connectivity index (χ0) is 19.5. The van der Waals surface area contributed by atoms with Crippen LogP contribution >= 0.6 is 0 Å². The number of amides is 1. The number of nitrogens with zero attached hydrogens (tertiary/aromatic N) is 3. The van der Waals surface area contributed by atoms with Crippen LogP contribution in [0.2, 0.25) is 0 Å². The maximum absolute atomic E-state index is 14.6. The molecule has 0 aliphatic rings. The quantitative estimate of drug-likeness (QED) is 0.410. The number of aromatic nitrogens is 4. The summed E-state index contributed by atoms with van der Waals surface area (Å²) in [5, 5.41) is 6.58. The smallest absolute Gasteiger partial charge is 0.252 e. The molecule has 0 aliphatic heterocycles. The van der Waals surface area contributed by atoms with E-state index in [0.717, 1.165) is 0 Å². The molecular weight excluding hydrogens is 361 g/mol. The van der Waals surface area contributed by atoms with Crippen molar-refractivity contribution in [3.63, 3.8) is 0 Å². The van der Waals surface area contributed by atoms with Crippen molar-refractivity contribution in [1.82, 2.24) is 19.9 Å². The highest BCUT2D eigenvalue weighted by Crippen LogP contribution is 2.34. The number of benzene rings is 1. The lowest BCUT2D eigenvalue weighted by molar-refractivity contribution is 0.100. The van der Waals surface area contributed by atoms with Gasteiger partial charge < -0.3 is 21.4 Å². The third-order valence-corrected chi connectivity index (χ3v) is 4.17. The average molecular weight is 377 g/mol. The van der Waals surface area contributed by atoms with Crippen molar-refractivity contribution in [1.29, 1.82) is 0 Å². The van der Waals surface area contributed by atoms with E-state index in [1.54, 1.807) is 36.7 Å². The highest BCUT2D eigenvalue weighted by atomic mass is 19.1. The van der Waals surface area contributed by atoms with Crippen molar-refractivity contribution < 1.29 is 9.18 Å². The van der Waals surface area contributed by atoms with Crippen molar-refractivity contribution in [3.05, 3.63) is 72.3 Å². The number of imidazole rings is 1. The number of aromatic amines is 1. The maximum Gasteiger partial charge on any atom is 0.252 e. The topological polar surface area (TPSA) is 122 Å². The predicted molar refractivity (Wildman–Crippen MR) is 104 cm³/mol. The number of hydrogen-bond donors (Lipinski definition) is 4. The molecule has 28 heavy (non-hydrogen) atoms. The van der Waals surface area contributed by atoms with E-state index in [-0.39, 0.29) is 11.4 Å². The van der Waals surface area contributed by atoms with Gasteiger partial charge in [0.25, 0.3) is 5.91 Å². The van der Waals surface area contributed by atoms with Crippen LogP contribution in [0.1, 0.15) is 16.2 Å². The molecule has 1 aromatic carbocycles. The van der Waals surface area contributed by atoms with E-state index >= 15 is 0 Å². The number of rotatable bonds is 6. The van der Waals surface area contributed by atoms with Gasteiger partial charge in [-0.1, -0.05) is 0 Å². The van der Waals surface area contributed by atoms with Crippen molar-refractivity contribution in [2.75, 3.05) is 10.6 Å². The first kappa shape index (κ1) is 17.4. The second-order valence-corrected chi connectivity index (χ2v) is 5.95. The summed E-state index contributed by atoms with van der Waals surface area (Å²) in [5.41, 5.74) is 7.14. The fourth-order valence-electron chi connectivity index (χ4n) is 2.89. The minimum atomic E-state index is -0.616. The zero-order valence-electron chi connectivity index (χ0n) is 14.6. The van der Waals surface area contributed by atoms with Crippen molar-refractivity contribution in [2.45, 2.75) is 6.54 Å². The van der Waals surface area contributed by atoms with Crippen LogP contribution in [0.25, 0.3) is 10.9 Å². The van der Waals surface area contributed by atoms with Crippen molar-refractivity contribution >= 4 is 34.0 Å². The van der Waals surface area contributed by atoms with Crippen molar-refractivity contribution in [3.8, 4) is 0 Å². The van der Waals surface area contributed by atoms with E-state index in [4.69, 9.17) is 5.73 Å². The highest BCUT2D eigenvalue weighted by Gasteiger charge is 2.16. The fraction of sp³-hybridized carbons (Fsp3) is 0.0526. The van der Waals surface area contributed by atoms with Crippen LogP contribution in [0.4, 0.5) is 21.6 Å². The second kappa shape index (κ2) is 7.31. The number of nitrogens with two attached hydrogens (primary N) is 1. The Morgan fingerprint density at radius 3 is 2.79 bits per heavy atom. The van der Waals surface area contributed by atoms with E-state index in [0.29, 0.717) is 34.6 Å². The third-order valence-electron chi connectivity index (χ3n) is 4.17. The molecule has 9 heteroatoms. The molecule has 0 unspecified atom stereocenters. The lowest BCUT2D eigenvalue weighted by Crippen LogP contribution is -2.14. The summed E-state index contributed by atoms with van der Waals surface area (Å²) in [6.07, 6.45) is 6.28. The molecule has 0 radical (unpaired) electrons. The van der Waals surface area contributed by atoms with Gasteiger partial charge in [-0.3, -0.25) is 9.78 Å². The molecule has 3 heterocycles. The van der Waals surface area contributed by atoms with Gasteiger partial charge in [-0.15, -0.1) is 0 Å². The monoisotopic (exact) mass is 377 g/mol. The summed E-state index contributed by atoms with van der Waals surface area (Å²) in [6.45, 7) is 0.333. The Morgan fingerprint density at radius 1 is 1.11 bits per heavy atom. The molecule has 4 aromatic rings. The summed E-state index contributed by atoms with van der Waals surface area (Å²) in [5.74, 6) is -0.0799. The number of carbonyl (C=O) groups is 1. The Balaban J connectivity index is 1.80. The predicted octanol–water partition coefficient (Wildman–Crippen LogP) is 2.95. The molecule has 0 atom stereocenters. The van der Waals surface area contributed by atoms with Crippen LogP contribution in [0, 0.1) is 5.82 Å². The molecule has 0 saturated heterocycles. The summed E-state index contributed by atoms with van der Waals surface area (Å²) in [4.78, 5) is 27.2. The minimum Gasteiger partial charge on any atom is -0.376 e. The second-order valence-electron chi connectivity index (χ2n) is 5.95.